The highest BCUT2D eigenvalue weighted by Gasteiger charge is 2.15. The minimum absolute atomic E-state index is 0.256. The van der Waals surface area contributed by atoms with Gasteiger partial charge in [-0.1, -0.05) is 48.3 Å². The van der Waals surface area contributed by atoms with Gasteiger partial charge in [-0.3, -0.25) is 4.79 Å². The Hall–Kier alpha value is -1.71. The van der Waals surface area contributed by atoms with Crippen LogP contribution in [0.15, 0.2) is 30.3 Å². The van der Waals surface area contributed by atoms with Crippen LogP contribution in [0.5, 0.6) is 5.75 Å². The molecule has 0 atom stereocenters. The van der Waals surface area contributed by atoms with Gasteiger partial charge >= 0.3 is 0 Å². The lowest BCUT2D eigenvalue weighted by atomic mass is 10.1. The van der Waals surface area contributed by atoms with Crippen LogP contribution in [0.3, 0.4) is 0 Å². The third-order valence-electron chi connectivity index (χ3n) is 3.43. The summed E-state index contributed by atoms with van der Waals surface area (Å²) in [5.41, 5.74) is 3.19. The average Bonchev–Trinajstić information content (AvgIpc) is 2.50. The maximum atomic E-state index is 12.5. The van der Waals surface area contributed by atoms with E-state index in [0.29, 0.717) is 28.0 Å². The number of anilines is 1. The summed E-state index contributed by atoms with van der Waals surface area (Å²) in [7, 11) is 0. The number of hydrogen-bond donors (Lipinski definition) is 1. The molecule has 0 heterocycles. The van der Waals surface area contributed by atoms with Crippen molar-refractivity contribution in [2.24, 2.45) is 0 Å². The van der Waals surface area contributed by atoms with Crippen molar-refractivity contribution < 1.29 is 9.53 Å². The highest BCUT2D eigenvalue weighted by atomic mass is 35.5. The molecule has 0 radical (unpaired) electrons. The summed E-state index contributed by atoms with van der Waals surface area (Å²) in [6.07, 6.45) is 0.849. The van der Waals surface area contributed by atoms with Crippen LogP contribution in [-0.2, 0) is 0 Å². The second-order valence-corrected chi connectivity index (χ2v) is 6.15. The van der Waals surface area contributed by atoms with E-state index in [0.717, 1.165) is 23.2 Å². The Morgan fingerprint density at radius 1 is 1.13 bits per heavy atom. The molecule has 0 aliphatic heterocycles. The Labute approximate surface area is 146 Å². The van der Waals surface area contributed by atoms with Crippen molar-refractivity contribution in [2.45, 2.75) is 27.2 Å². The van der Waals surface area contributed by atoms with Crippen LogP contribution in [0.25, 0.3) is 0 Å². The summed E-state index contributed by atoms with van der Waals surface area (Å²) < 4.78 is 5.51. The van der Waals surface area contributed by atoms with Crippen LogP contribution in [0, 0.1) is 13.8 Å². The molecule has 0 bridgehead atoms. The van der Waals surface area contributed by atoms with Crippen molar-refractivity contribution in [3.05, 3.63) is 57.1 Å². The molecule has 0 fully saturated rings. The molecule has 3 nitrogen and oxygen atoms in total. The Kier molecular flexibility index (Phi) is 5.91. The zero-order valence-corrected chi connectivity index (χ0v) is 14.9. The predicted octanol–water partition coefficient (Wildman–Crippen LogP) is 5.65. The van der Waals surface area contributed by atoms with Crippen LogP contribution in [-0.4, -0.2) is 12.5 Å². The number of nitrogens with one attached hydrogen (secondary N) is 1. The summed E-state index contributed by atoms with van der Waals surface area (Å²) in [6.45, 7) is 6.41. The van der Waals surface area contributed by atoms with E-state index in [1.54, 1.807) is 12.1 Å². The van der Waals surface area contributed by atoms with Gasteiger partial charge in [0, 0.05) is 11.3 Å². The molecule has 0 aliphatic rings. The van der Waals surface area contributed by atoms with Crippen LogP contribution >= 0.6 is 23.2 Å². The van der Waals surface area contributed by atoms with Gasteiger partial charge in [-0.05, 0) is 43.5 Å². The Balaban J connectivity index is 2.26. The molecule has 0 saturated heterocycles. The van der Waals surface area contributed by atoms with Crippen molar-refractivity contribution >= 4 is 34.8 Å². The largest absolute Gasteiger partial charge is 0.490 e. The van der Waals surface area contributed by atoms with Crippen molar-refractivity contribution in [1.29, 1.82) is 0 Å². The molecule has 122 valence electrons. The van der Waals surface area contributed by atoms with E-state index in [9.17, 15) is 4.79 Å². The minimum atomic E-state index is -0.256. The van der Waals surface area contributed by atoms with E-state index < -0.39 is 0 Å². The van der Waals surface area contributed by atoms with Crippen molar-refractivity contribution in [2.75, 3.05) is 11.9 Å². The fraction of sp³-hybridized carbons (Fsp3) is 0.278. The Morgan fingerprint density at radius 3 is 2.22 bits per heavy atom. The highest BCUT2D eigenvalue weighted by Crippen LogP contribution is 2.34. The van der Waals surface area contributed by atoms with Gasteiger partial charge in [0.1, 0.15) is 0 Å². The van der Waals surface area contributed by atoms with Crippen molar-refractivity contribution in [3.8, 4) is 5.75 Å². The Bertz CT molecular complexity index is 686. The molecular weight excluding hydrogens is 333 g/mol. The van der Waals surface area contributed by atoms with Gasteiger partial charge in [0.15, 0.2) is 5.75 Å². The second kappa shape index (κ2) is 7.71. The van der Waals surface area contributed by atoms with Crippen LogP contribution < -0.4 is 10.1 Å². The quantitative estimate of drug-likeness (QED) is 0.755. The topological polar surface area (TPSA) is 38.3 Å². The zero-order chi connectivity index (χ0) is 17.0. The van der Waals surface area contributed by atoms with Crippen LogP contribution in [0.1, 0.15) is 34.8 Å². The number of benzene rings is 2. The van der Waals surface area contributed by atoms with Gasteiger partial charge in [-0.2, -0.15) is 0 Å². The van der Waals surface area contributed by atoms with Crippen molar-refractivity contribution in [3.63, 3.8) is 0 Å². The fourth-order valence-corrected chi connectivity index (χ4v) is 2.83. The molecule has 23 heavy (non-hydrogen) atoms. The van der Waals surface area contributed by atoms with E-state index in [-0.39, 0.29) is 5.91 Å². The number of hydrogen-bond acceptors (Lipinski definition) is 2. The lowest BCUT2D eigenvalue weighted by Gasteiger charge is -2.13. The molecule has 0 saturated carbocycles. The number of carbonyl (C=O) groups is 1. The number of ether oxygens (including phenoxy) is 1. The molecule has 2 rings (SSSR count). The van der Waals surface area contributed by atoms with Gasteiger partial charge < -0.3 is 10.1 Å². The number of rotatable bonds is 5. The number of halogens is 2. The van der Waals surface area contributed by atoms with Gasteiger partial charge in [0.2, 0.25) is 0 Å². The standard InChI is InChI=1S/C18H19Cl2NO2/c1-4-8-23-17-14(19)9-13(10-15(17)20)18(22)21-16-11(2)6-5-7-12(16)3/h5-7,9-10H,4,8H2,1-3H3,(H,21,22). The molecule has 0 unspecified atom stereocenters. The molecule has 0 spiro atoms. The fourth-order valence-electron chi connectivity index (χ4n) is 2.23. The van der Waals surface area contributed by atoms with Crippen LogP contribution in [0.4, 0.5) is 5.69 Å². The second-order valence-electron chi connectivity index (χ2n) is 5.34. The summed E-state index contributed by atoms with van der Waals surface area (Å²) in [6, 6.07) is 8.99. The normalized spacial score (nSPS) is 10.5. The van der Waals surface area contributed by atoms with Gasteiger partial charge in [-0.15, -0.1) is 0 Å². The summed E-state index contributed by atoms with van der Waals surface area (Å²) >= 11 is 12.4. The number of para-hydroxylation sites is 1. The molecule has 1 N–H and O–H groups in total. The van der Waals surface area contributed by atoms with E-state index in [4.69, 9.17) is 27.9 Å². The lowest BCUT2D eigenvalue weighted by Crippen LogP contribution is -2.14. The molecule has 0 aromatic heterocycles. The van der Waals surface area contributed by atoms with Gasteiger partial charge in [-0.25, -0.2) is 0 Å². The maximum Gasteiger partial charge on any atom is 0.255 e. The highest BCUT2D eigenvalue weighted by molar-refractivity contribution is 6.37. The first kappa shape index (κ1) is 17.6. The predicted molar refractivity (Wildman–Crippen MR) is 96.1 cm³/mol. The SMILES string of the molecule is CCCOc1c(Cl)cc(C(=O)Nc2c(C)cccc2C)cc1Cl. The summed E-state index contributed by atoms with van der Waals surface area (Å²) in [5.74, 6) is 0.159. The smallest absolute Gasteiger partial charge is 0.255 e. The maximum absolute atomic E-state index is 12.5. The van der Waals surface area contributed by atoms with Gasteiger partial charge in [0.05, 0.1) is 16.7 Å². The molecule has 0 aliphatic carbocycles. The van der Waals surface area contributed by atoms with Crippen LogP contribution in [0.2, 0.25) is 10.0 Å². The number of aryl methyl sites for hydroxylation is 2. The summed E-state index contributed by atoms with van der Waals surface area (Å²) in [5, 5.41) is 3.58. The summed E-state index contributed by atoms with van der Waals surface area (Å²) in [4.78, 5) is 12.5. The van der Waals surface area contributed by atoms with Gasteiger partial charge in [0.25, 0.3) is 5.91 Å². The first-order valence-electron chi connectivity index (χ1n) is 7.43. The molecule has 2 aromatic rings. The third-order valence-corrected chi connectivity index (χ3v) is 3.99. The number of carbonyl (C=O) groups excluding carboxylic acids is 1. The van der Waals surface area contributed by atoms with E-state index in [1.165, 1.54) is 0 Å². The van der Waals surface area contributed by atoms with E-state index in [1.807, 2.05) is 39.0 Å². The lowest BCUT2D eigenvalue weighted by molar-refractivity contribution is 0.102. The van der Waals surface area contributed by atoms with Crippen molar-refractivity contribution in [1.82, 2.24) is 0 Å². The van der Waals surface area contributed by atoms with E-state index >= 15 is 0 Å². The third kappa shape index (κ3) is 4.18. The monoisotopic (exact) mass is 351 g/mol. The molecular formula is C18H19Cl2NO2. The number of amides is 1. The first-order chi connectivity index (χ1) is 10.9. The molecule has 5 heteroatoms. The minimum Gasteiger partial charge on any atom is -0.490 e. The molecule has 1 amide bonds. The Morgan fingerprint density at radius 2 is 1.70 bits per heavy atom. The molecule has 2 aromatic carbocycles. The van der Waals surface area contributed by atoms with E-state index in [2.05, 4.69) is 5.32 Å². The average molecular weight is 352 g/mol. The zero-order valence-electron chi connectivity index (χ0n) is 13.4. The first-order valence-corrected chi connectivity index (χ1v) is 8.19.